The quantitative estimate of drug-likeness (QED) is 0.459. The second kappa shape index (κ2) is 6.02. The highest BCUT2D eigenvalue weighted by Gasteiger charge is 2.44. The molecule has 8 nitrogen and oxygen atoms in total. The van der Waals surface area contributed by atoms with Crippen LogP contribution in [0.25, 0.3) is 0 Å². The van der Waals surface area contributed by atoms with E-state index >= 15 is 0 Å². The maximum atomic E-state index is 11.5. The van der Waals surface area contributed by atoms with Crippen molar-refractivity contribution >= 4 is 6.16 Å². The first-order chi connectivity index (χ1) is 8.65. The van der Waals surface area contributed by atoms with Crippen LogP contribution >= 0.6 is 0 Å². The number of ether oxygens (including phenoxy) is 3. The summed E-state index contributed by atoms with van der Waals surface area (Å²) in [6, 6.07) is -1.13. The van der Waals surface area contributed by atoms with E-state index < -0.39 is 49.0 Å². The van der Waals surface area contributed by atoms with Crippen LogP contribution in [0.1, 0.15) is 20.8 Å². The van der Waals surface area contributed by atoms with E-state index in [2.05, 4.69) is 0 Å². The Kier molecular flexibility index (Phi) is 5.11. The molecule has 0 amide bonds. The molecule has 0 aromatic rings. The van der Waals surface area contributed by atoms with E-state index in [4.69, 9.17) is 25.1 Å². The zero-order valence-electron chi connectivity index (χ0n) is 11.1. The summed E-state index contributed by atoms with van der Waals surface area (Å²) in [4.78, 5) is 11.5. The molecule has 1 unspecified atom stereocenters. The molecule has 1 rings (SSSR count). The van der Waals surface area contributed by atoms with Crippen molar-refractivity contribution in [3.8, 4) is 0 Å². The molecule has 8 heteroatoms. The molecule has 0 radical (unpaired) electrons. The van der Waals surface area contributed by atoms with Crippen molar-refractivity contribution in [1.82, 2.24) is 0 Å². The van der Waals surface area contributed by atoms with E-state index in [1.807, 2.05) is 0 Å². The van der Waals surface area contributed by atoms with Crippen molar-refractivity contribution in [1.29, 1.82) is 0 Å². The SMILES string of the molecule is CC(C)(C)OC(=O)OC1O[C@H](CO)[C@@H](O)[C@H](O)[C@H]1N. The lowest BCUT2D eigenvalue weighted by atomic mass is 9.98. The summed E-state index contributed by atoms with van der Waals surface area (Å²) in [6.07, 6.45) is -6.11. The highest BCUT2D eigenvalue weighted by molar-refractivity contribution is 5.60. The molecule has 1 saturated heterocycles. The molecular weight excluding hydrogens is 258 g/mol. The van der Waals surface area contributed by atoms with Gasteiger partial charge in [0, 0.05) is 0 Å². The molecule has 1 aliphatic rings. The number of rotatable bonds is 2. The van der Waals surface area contributed by atoms with Crippen molar-refractivity contribution in [3.63, 3.8) is 0 Å². The Morgan fingerprint density at radius 2 is 1.89 bits per heavy atom. The van der Waals surface area contributed by atoms with Gasteiger partial charge in [0.25, 0.3) is 0 Å². The topological polar surface area (TPSA) is 131 Å². The van der Waals surface area contributed by atoms with Crippen molar-refractivity contribution in [2.24, 2.45) is 5.73 Å². The molecule has 0 bridgehead atoms. The van der Waals surface area contributed by atoms with Gasteiger partial charge in [-0.05, 0) is 20.8 Å². The van der Waals surface area contributed by atoms with Crippen LogP contribution in [-0.2, 0) is 14.2 Å². The minimum absolute atomic E-state index is 0.543. The van der Waals surface area contributed by atoms with E-state index in [-0.39, 0.29) is 0 Å². The molecule has 1 heterocycles. The Morgan fingerprint density at radius 3 is 2.37 bits per heavy atom. The van der Waals surface area contributed by atoms with E-state index in [1.165, 1.54) is 0 Å². The monoisotopic (exact) mass is 279 g/mol. The Bertz CT molecular complexity index is 315. The first kappa shape index (κ1) is 16.1. The molecule has 0 spiro atoms. The van der Waals surface area contributed by atoms with Crippen LogP contribution in [0.4, 0.5) is 4.79 Å². The molecular formula is C11H21NO7. The molecule has 0 saturated carbocycles. The van der Waals surface area contributed by atoms with Gasteiger partial charge in [-0.1, -0.05) is 0 Å². The summed E-state index contributed by atoms with van der Waals surface area (Å²) in [5.41, 5.74) is 4.85. The Labute approximate surface area is 111 Å². The molecule has 112 valence electrons. The van der Waals surface area contributed by atoms with Crippen LogP contribution in [0.2, 0.25) is 0 Å². The summed E-state index contributed by atoms with van der Waals surface area (Å²) < 4.78 is 14.9. The van der Waals surface area contributed by atoms with Gasteiger partial charge in [-0.15, -0.1) is 0 Å². The number of hydrogen-bond acceptors (Lipinski definition) is 8. The summed E-state index contributed by atoms with van der Waals surface area (Å²) in [7, 11) is 0. The van der Waals surface area contributed by atoms with Crippen LogP contribution in [-0.4, -0.2) is 64.3 Å². The Hall–Kier alpha value is -0.930. The number of aliphatic hydroxyl groups excluding tert-OH is 3. The number of carbonyl (C=O) groups excluding carboxylic acids is 1. The van der Waals surface area contributed by atoms with Gasteiger partial charge in [0.15, 0.2) is 0 Å². The molecule has 19 heavy (non-hydrogen) atoms. The Morgan fingerprint density at radius 1 is 1.32 bits per heavy atom. The zero-order valence-corrected chi connectivity index (χ0v) is 11.1. The second-order valence-electron chi connectivity index (χ2n) is 5.37. The number of aliphatic hydroxyl groups is 3. The van der Waals surface area contributed by atoms with Gasteiger partial charge in [-0.2, -0.15) is 0 Å². The average molecular weight is 279 g/mol. The largest absolute Gasteiger partial charge is 0.511 e. The summed E-state index contributed by atoms with van der Waals surface area (Å²) in [5.74, 6) is 0. The van der Waals surface area contributed by atoms with Crippen molar-refractivity contribution < 1.29 is 34.3 Å². The van der Waals surface area contributed by atoms with E-state index in [0.717, 1.165) is 0 Å². The standard InChI is InChI=1S/C11H21NO7/c1-11(2,3)19-10(16)18-9-6(12)8(15)7(14)5(4-13)17-9/h5-9,13-15H,4,12H2,1-3H3/t5-,6-,7-,8-,9?/m1/s1. The number of hydrogen-bond donors (Lipinski definition) is 4. The fourth-order valence-corrected chi connectivity index (χ4v) is 1.58. The van der Waals surface area contributed by atoms with Crippen molar-refractivity contribution in [3.05, 3.63) is 0 Å². The van der Waals surface area contributed by atoms with Crippen LogP contribution in [0.3, 0.4) is 0 Å². The van der Waals surface area contributed by atoms with Gasteiger partial charge in [0.05, 0.1) is 12.6 Å². The van der Waals surface area contributed by atoms with Crippen molar-refractivity contribution in [2.45, 2.75) is 57.0 Å². The molecule has 5 atom stereocenters. The maximum Gasteiger partial charge on any atom is 0.511 e. The van der Waals surface area contributed by atoms with Crippen LogP contribution in [0.5, 0.6) is 0 Å². The van der Waals surface area contributed by atoms with E-state index in [0.29, 0.717) is 0 Å². The molecule has 1 fully saturated rings. The fourth-order valence-electron chi connectivity index (χ4n) is 1.58. The van der Waals surface area contributed by atoms with Gasteiger partial charge in [-0.25, -0.2) is 4.79 Å². The third-order valence-electron chi connectivity index (χ3n) is 2.53. The predicted molar refractivity (Wildman–Crippen MR) is 63.1 cm³/mol. The second-order valence-corrected chi connectivity index (χ2v) is 5.37. The van der Waals surface area contributed by atoms with Gasteiger partial charge < -0.3 is 35.3 Å². The summed E-state index contributed by atoms with van der Waals surface area (Å²) >= 11 is 0. The average Bonchev–Trinajstić information content (AvgIpc) is 2.27. The van der Waals surface area contributed by atoms with Gasteiger partial charge >= 0.3 is 6.16 Å². The van der Waals surface area contributed by atoms with Crippen LogP contribution in [0, 0.1) is 0 Å². The lowest BCUT2D eigenvalue weighted by Gasteiger charge is -2.39. The number of nitrogens with two attached hydrogens (primary N) is 1. The lowest BCUT2D eigenvalue weighted by Crippen LogP contribution is -2.62. The normalized spacial score (nSPS) is 35.8. The van der Waals surface area contributed by atoms with Gasteiger partial charge in [0.1, 0.15) is 23.9 Å². The molecule has 0 aromatic heterocycles. The minimum atomic E-state index is -1.38. The van der Waals surface area contributed by atoms with Gasteiger partial charge in [-0.3, -0.25) is 0 Å². The molecule has 5 N–H and O–H groups in total. The highest BCUT2D eigenvalue weighted by Crippen LogP contribution is 2.21. The van der Waals surface area contributed by atoms with Crippen molar-refractivity contribution in [2.75, 3.05) is 6.61 Å². The minimum Gasteiger partial charge on any atom is -0.429 e. The maximum absolute atomic E-state index is 11.5. The van der Waals surface area contributed by atoms with Crippen LogP contribution in [0.15, 0.2) is 0 Å². The third-order valence-corrected chi connectivity index (χ3v) is 2.53. The van der Waals surface area contributed by atoms with E-state index in [9.17, 15) is 15.0 Å². The highest BCUT2D eigenvalue weighted by atomic mass is 16.8. The van der Waals surface area contributed by atoms with Gasteiger partial charge in [0.2, 0.25) is 6.29 Å². The lowest BCUT2D eigenvalue weighted by molar-refractivity contribution is -0.254. The number of carbonyl (C=O) groups is 1. The van der Waals surface area contributed by atoms with Crippen LogP contribution < -0.4 is 5.73 Å². The zero-order chi connectivity index (χ0) is 14.8. The molecule has 0 aromatic carbocycles. The predicted octanol–water partition coefficient (Wildman–Crippen LogP) is -1.30. The first-order valence-corrected chi connectivity index (χ1v) is 5.93. The first-order valence-electron chi connectivity index (χ1n) is 5.93. The molecule has 0 aliphatic carbocycles. The third kappa shape index (κ3) is 4.29. The fraction of sp³-hybridized carbons (Fsp3) is 0.909. The smallest absolute Gasteiger partial charge is 0.429 e. The summed E-state index contributed by atoms with van der Waals surface area (Å²) in [5, 5.41) is 28.2. The van der Waals surface area contributed by atoms with E-state index in [1.54, 1.807) is 20.8 Å². The molecule has 1 aliphatic heterocycles. The Balaban J connectivity index is 2.64. The summed E-state index contributed by atoms with van der Waals surface area (Å²) in [6.45, 7) is 4.43.